The van der Waals surface area contributed by atoms with Crippen LogP contribution in [-0.2, 0) is 6.42 Å². The van der Waals surface area contributed by atoms with Crippen LogP contribution < -0.4 is 0 Å². The van der Waals surface area contributed by atoms with Crippen LogP contribution in [0.5, 0.6) is 0 Å². The first-order valence-corrected chi connectivity index (χ1v) is 6.33. The minimum absolute atomic E-state index is 0.844. The van der Waals surface area contributed by atoms with E-state index in [1.54, 1.807) is 0 Å². The van der Waals surface area contributed by atoms with Gasteiger partial charge in [-0.1, -0.05) is 36.8 Å². The van der Waals surface area contributed by atoms with E-state index < -0.39 is 0 Å². The van der Waals surface area contributed by atoms with E-state index in [0.29, 0.717) is 0 Å². The summed E-state index contributed by atoms with van der Waals surface area (Å²) in [7, 11) is 0. The maximum absolute atomic E-state index is 5.40. The number of aromatic nitrogens is 2. The van der Waals surface area contributed by atoms with Gasteiger partial charge < -0.3 is 0 Å². The van der Waals surface area contributed by atoms with E-state index in [2.05, 4.69) is 44.9 Å². The van der Waals surface area contributed by atoms with E-state index in [1.807, 2.05) is 10.7 Å². The summed E-state index contributed by atoms with van der Waals surface area (Å²) in [6.45, 7) is 8.50. The largest absolute Gasteiger partial charge is 0.297 e. The molecule has 2 aromatic rings. The number of hydrogen-bond donors (Lipinski definition) is 1. The quantitative estimate of drug-likeness (QED) is 0.794. The minimum atomic E-state index is 0.844. The summed E-state index contributed by atoms with van der Waals surface area (Å²) in [4.78, 5) is 0. The highest BCUT2D eigenvalue weighted by atomic mass is 32.1. The van der Waals surface area contributed by atoms with Crippen LogP contribution in [0.25, 0.3) is 5.69 Å². The van der Waals surface area contributed by atoms with Gasteiger partial charge in [-0.2, -0.15) is 0 Å². The Hall–Kier alpha value is -1.35. The zero-order valence-electron chi connectivity index (χ0n) is 10.8. The molecule has 1 heterocycles. The molecule has 1 aromatic carbocycles. The van der Waals surface area contributed by atoms with Crippen LogP contribution in [-0.4, -0.2) is 9.78 Å². The number of hydrogen-bond acceptors (Lipinski definition) is 1. The Morgan fingerprint density at radius 3 is 2.18 bits per heavy atom. The number of H-pyrrole nitrogens is 1. The second kappa shape index (κ2) is 4.49. The van der Waals surface area contributed by atoms with E-state index in [1.165, 1.54) is 28.1 Å². The smallest absolute Gasteiger partial charge is 0.127 e. The number of nitrogens with one attached hydrogen (secondary N) is 1. The second-order valence-electron chi connectivity index (χ2n) is 4.56. The number of nitrogens with zero attached hydrogens (tertiary/aromatic N) is 1. The molecule has 0 amide bonds. The van der Waals surface area contributed by atoms with Crippen LogP contribution in [0.3, 0.4) is 0 Å². The molecule has 0 spiro atoms. The molecule has 0 saturated carbocycles. The topological polar surface area (TPSA) is 20.7 Å². The maximum Gasteiger partial charge on any atom is 0.127 e. The molecule has 0 aliphatic rings. The number of aryl methyl sites for hydroxylation is 4. The number of rotatable bonds is 2. The highest BCUT2D eigenvalue weighted by Crippen LogP contribution is 2.21. The molecule has 0 atom stereocenters. The van der Waals surface area contributed by atoms with Gasteiger partial charge in [0.2, 0.25) is 0 Å². The van der Waals surface area contributed by atoms with Crippen molar-refractivity contribution in [2.75, 3.05) is 0 Å². The Labute approximate surface area is 107 Å². The Morgan fingerprint density at radius 2 is 1.71 bits per heavy atom. The van der Waals surface area contributed by atoms with Crippen molar-refractivity contribution in [3.63, 3.8) is 0 Å². The van der Waals surface area contributed by atoms with Crippen LogP contribution >= 0.6 is 12.2 Å². The van der Waals surface area contributed by atoms with Gasteiger partial charge in [-0.3, -0.25) is 5.10 Å². The molecule has 2 rings (SSSR count). The van der Waals surface area contributed by atoms with Crippen molar-refractivity contribution in [2.45, 2.75) is 34.1 Å². The van der Waals surface area contributed by atoms with E-state index in [0.717, 1.165) is 11.1 Å². The Morgan fingerprint density at radius 1 is 1.12 bits per heavy atom. The molecule has 1 aromatic heterocycles. The van der Waals surface area contributed by atoms with Crippen LogP contribution in [0.2, 0.25) is 0 Å². The molecule has 0 radical (unpaired) electrons. The molecule has 0 saturated heterocycles. The second-order valence-corrected chi connectivity index (χ2v) is 4.97. The van der Waals surface area contributed by atoms with Crippen LogP contribution in [0, 0.1) is 25.4 Å². The summed E-state index contributed by atoms with van der Waals surface area (Å²) >= 11 is 5.40. The van der Waals surface area contributed by atoms with Crippen molar-refractivity contribution in [3.8, 4) is 5.69 Å². The fraction of sp³-hybridized carbons (Fsp3) is 0.357. The molecule has 90 valence electrons. The maximum atomic E-state index is 5.40. The molecular weight excluding hydrogens is 228 g/mol. The third-order valence-electron chi connectivity index (χ3n) is 3.01. The SMILES string of the molecule is CCc1cc(=S)n(-c2c(C)cc(C)cc2C)[nH]1. The fourth-order valence-electron chi connectivity index (χ4n) is 2.32. The summed E-state index contributed by atoms with van der Waals surface area (Å²) in [5.41, 5.74) is 6.15. The van der Waals surface area contributed by atoms with Gasteiger partial charge in [0.15, 0.2) is 0 Å². The number of aromatic amines is 1. The van der Waals surface area contributed by atoms with E-state index in [9.17, 15) is 0 Å². The van der Waals surface area contributed by atoms with Gasteiger partial charge in [0.25, 0.3) is 0 Å². The van der Waals surface area contributed by atoms with Gasteiger partial charge >= 0.3 is 0 Å². The van der Waals surface area contributed by atoms with Gasteiger partial charge in [0.05, 0.1) is 5.69 Å². The summed E-state index contributed by atoms with van der Waals surface area (Å²) in [5.74, 6) is 0. The van der Waals surface area contributed by atoms with Crippen LogP contribution in [0.1, 0.15) is 29.3 Å². The molecular formula is C14H18N2S. The first kappa shape index (κ1) is 12.1. The first-order valence-electron chi connectivity index (χ1n) is 5.92. The van der Waals surface area contributed by atoms with E-state index in [4.69, 9.17) is 12.2 Å². The summed E-state index contributed by atoms with van der Waals surface area (Å²) in [6.07, 6.45) is 0.973. The van der Waals surface area contributed by atoms with Gasteiger partial charge in [-0.05, 0) is 44.4 Å². The highest BCUT2D eigenvalue weighted by Gasteiger charge is 2.08. The zero-order valence-corrected chi connectivity index (χ0v) is 11.6. The zero-order chi connectivity index (χ0) is 12.6. The molecule has 0 unspecified atom stereocenters. The lowest BCUT2D eigenvalue weighted by molar-refractivity contribution is 0.821. The lowest BCUT2D eigenvalue weighted by Crippen LogP contribution is -2.03. The van der Waals surface area contributed by atoms with Gasteiger partial charge in [-0.25, -0.2) is 4.68 Å². The van der Waals surface area contributed by atoms with E-state index in [-0.39, 0.29) is 0 Å². The summed E-state index contributed by atoms with van der Waals surface area (Å²) < 4.78 is 2.86. The molecule has 0 aliphatic carbocycles. The minimum Gasteiger partial charge on any atom is -0.297 e. The van der Waals surface area contributed by atoms with Crippen molar-refractivity contribution in [1.82, 2.24) is 9.78 Å². The molecule has 2 nitrogen and oxygen atoms in total. The van der Waals surface area contributed by atoms with Crippen molar-refractivity contribution in [2.24, 2.45) is 0 Å². The molecule has 17 heavy (non-hydrogen) atoms. The number of benzene rings is 1. The average Bonchev–Trinajstić information content (AvgIpc) is 2.59. The summed E-state index contributed by atoms with van der Waals surface area (Å²) in [5, 5.41) is 3.36. The Kier molecular flexibility index (Phi) is 3.20. The van der Waals surface area contributed by atoms with Gasteiger partial charge in [0, 0.05) is 5.69 Å². The van der Waals surface area contributed by atoms with Gasteiger partial charge in [-0.15, -0.1) is 0 Å². The van der Waals surface area contributed by atoms with Crippen molar-refractivity contribution >= 4 is 12.2 Å². The molecule has 0 fully saturated rings. The predicted octanol–water partition coefficient (Wildman–Crippen LogP) is 4.02. The third-order valence-corrected chi connectivity index (χ3v) is 3.31. The third kappa shape index (κ3) is 2.20. The lowest BCUT2D eigenvalue weighted by atomic mass is 10.1. The predicted molar refractivity (Wildman–Crippen MR) is 74.5 cm³/mol. The molecule has 1 N–H and O–H groups in total. The summed E-state index contributed by atoms with van der Waals surface area (Å²) in [6, 6.07) is 6.42. The molecule has 3 heteroatoms. The first-order chi connectivity index (χ1) is 8.02. The van der Waals surface area contributed by atoms with Crippen molar-refractivity contribution in [1.29, 1.82) is 0 Å². The highest BCUT2D eigenvalue weighted by molar-refractivity contribution is 7.71. The lowest BCUT2D eigenvalue weighted by Gasteiger charge is -2.12. The molecule has 0 bridgehead atoms. The molecule has 0 aliphatic heterocycles. The average molecular weight is 246 g/mol. The van der Waals surface area contributed by atoms with Gasteiger partial charge in [0.1, 0.15) is 4.64 Å². The van der Waals surface area contributed by atoms with Crippen molar-refractivity contribution < 1.29 is 0 Å². The normalized spacial score (nSPS) is 10.8. The Bertz CT molecular complexity index is 582. The van der Waals surface area contributed by atoms with Crippen molar-refractivity contribution in [3.05, 3.63) is 45.2 Å². The standard InChI is InChI=1S/C14H18N2S/c1-5-12-8-13(17)16(15-12)14-10(3)6-9(2)7-11(14)4/h6-8,15H,5H2,1-4H3. The fourth-order valence-corrected chi connectivity index (χ4v) is 2.60. The van der Waals surface area contributed by atoms with Crippen LogP contribution in [0.15, 0.2) is 18.2 Å². The van der Waals surface area contributed by atoms with Crippen LogP contribution in [0.4, 0.5) is 0 Å². The Balaban J connectivity index is 2.68. The monoisotopic (exact) mass is 246 g/mol. The van der Waals surface area contributed by atoms with E-state index >= 15 is 0 Å².